The summed E-state index contributed by atoms with van der Waals surface area (Å²) in [5, 5.41) is 5.02. The molecule has 2 aliphatic rings. The van der Waals surface area contributed by atoms with Crippen molar-refractivity contribution in [1.29, 1.82) is 0 Å². The molecule has 8 heteroatoms. The number of primary amides is 1. The van der Waals surface area contributed by atoms with Crippen LogP contribution in [0.25, 0.3) is 0 Å². The molecule has 2 aliphatic heterocycles. The molecule has 2 rings (SSSR count). The predicted molar refractivity (Wildman–Crippen MR) is 68.1 cm³/mol. The van der Waals surface area contributed by atoms with E-state index in [1.807, 2.05) is 0 Å². The van der Waals surface area contributed by atoms with Gasteiger partial charge in [0.05, 0.1) is 6.54 Å². The highest BCUT2D eigenvalue weighted by Gasteiger charge is 2.39. The average Bonchev–Trinajstić information content (AvgIpc) is 3.03. The van der Waals surface area contributed by atoms with Crippen molar-refractivity contribution in [3.63, 3.8) is 0 Å². The number of carbonyl (C=O) groups excluding carboxylic acids is 4. The third-order valence-corrected chi connectivity index (χ3v) is 3.57. The molecule has 0 saturated carbocycles. The zero-order valence-electron chi connectivity index (χ0n) is 11.1. The Labute approximate surface area is 116 Å². The maximum atomic E-state index is 12.3. The first-order valence-corrected chi connectivity index (χ1v) is 6.65. The Morgan fingerprint density at radius 2 is 2.10 bits per heavy atom. The Morgan fingerprint density at radius 3 is 2.70 bits per heavy atom. The van der Waals surface area contributed by atoms with Crippen molar-refractivity contribution in [2.45, 2.75) is 37.8 Å². The van der Waals surface area contributed by atoms with E-state index in [9.17, 15) is 19.2 Å². The molecule has 2 atom stereocenters. The SMILES string of the molecule is NC(=O)CNC(=O)[C@@H]1CCCN1C(=O)[C@@H]1CCC(=O)N1. The van der Waals surface area contributed by atoms with Gasteiger partial charge in [0.1, 0.15) is 12.1 Å². The molecule has 4 amide bonds. The lowest BCUT2D eigenvalue weighted by atomic mass is 10.1. The van der Waals surface area contributed by atoms with Gasteiger partial charge in [0, 0.05) is 13.0 Å². The minimum atomic E-state index is -0.628. The lowest BCUT2D eigenvalue weighted by molar-refractivity contribution is -0.140. The van der Waals surface area contributed by atoms with Crippen LogP contribution >= 0.6 is 0 Å². The topological polar surface area (TPSA) is 122 Å². The van der Waals surface area contributed by atoms with Gasteiger partial charge in [-0.1, -0.05) is 0 Å². The summed E-state index contributed by atoms with van der Waals surface area (Å²) in [6.45, 7) is 0.247. The van der Waals surface area contributed by atoms with Gasteiger partial charge in [0.25, 0.3) is 0 Å². The number of hydrogen-bond acceptors (Lipinski definition) is 4. The van der Waals surface area contributed by atoms with E-state index in [0.29, 0.717) is 25.8 Å². The molecule has 0 spiro atoms. The van der Waals surface area contributed by atoms with E-state index in [4.69, 9.17) is 5.73 Å². The minimum Gasteiger partial charge on any atom is -0.368 e. The first-order chi connectivity index (χ1) is 9.49. The van der Waals surface area contributed by atoms with Gasteiger partial charge in [-0.25, -0.2) is 0 Å². The Morgan fingerprint density at radius 1 is 1.35 bits per heavy atom. The second-order valence-corrected chi connectivity index (χ2v) is 5.03. The molecule has 110 valence electrons. The van der Waals surface area contributed by atoms with Crippen molar-refractivity contribution < 1.29 is 19.2 Å². The van der Waals surface area contributed by atoms with E-state index in [1.54, 1.807) is 0 Å². The van der Waals surface area contributed by atoms with Crippen LogP contribution < -0.4 is 16.4 Å². The van der Waals surface area contributed by atoms with Crippen molar-refractivity contribution in [3.05, 3.63) is 0 Å². The number of amides is 4. The fourth-order valence-corrected chi connectivity index (χ4v) is 2.59. The van der Waals surface area contributed by atoms with Gasteiger partial charge in [-0.05, 0) is 19.3 Å². The Kier molecular flexibility index (Phi) is 4.21. The van der Waals surface area contributed by atoms with Gasteiger partial charge in [-0.15, -0.1) is 0 Å². The minimum absolute atomic E-state index is 0.141. The molecule has 20 heavy (non-hydrogen) atoms. The first kappa shape index (κ1) is 14.3. The molecule has 2 fully saturated rings. The van der Waals surface area contributed by atoms with Crippen LogP contribution in [0.15, 0.2) is 0 Å². The highest BCUT2D eigenvalue weighted by Crippen LogP contribution is 2.20. The third-order valence-electron chi connectivity index (χ3n) is 3.57. The molecule has 2 saturated heterocycles. The van der Waals surface area contributed by atoms with Crippen molar-refractivity contribution in [2.24, 2.45) is 5.73 Å². The van der Waals surface area contributed by atoms with Gasteiger partial charge >= 0.3 is 0 Å². The van der Waals surface area contributed by atoms with Gasteiger partial charge in [0.15, 0.2) is 0 Å². The standard InChI is InChI=1S/C12H18N4O4/c13-9(17)6-14-11(19)8-2-1-5-16(8)12(20)7-3-4-10(18)15-7/h7-8H,1-6H2,(H2,13,17)(H,14,19)(H,15,18)/t7-,8-/m0/s1. The fraction of sp³-hybridized carbons (Fsp3) is 0.667. The molecule has 8 nitrogen and oxygen atoms in total. The molecule has 0 radical (unpaired) electrons. The largest absolute Gasteiger partial charge is 0.368 e. The molecule has 0 aliphatic carbocycles. The summed E-state index contributed by atoms with van der Waals surface area (Å²) in [4.78, 5) is 47.5. The van der Waals surface area contributed by atoms with E-state index < -0.39 is 18.0 Å². The van der Waals surface area contributed by atoms with Crippen LogP contribution in [-0.4, -0.2) is 53.7 Å². The van der Waals surface area contributed by atoms with Crippen LogP contribution in [0, 0.1) is 0 Å². The number of nitrogens with zero attached hydrogens (tertiary/aromatic N) is 1. The summed E-state index contributed by atoms with van der Waals surface area (Å²) in [5.74, 6) is -1.37. The molecule has 4 N–H and O–H groups in total. The van der Waals surface area contributed by atoms with Crippen LogP contribution in [0.3, 0.4) is 0 Å². The van der Waals surface area contributed by atoms with E-state index in [0.717, 1.165) is 6.42 Å². The number of nitrogens with one attached hydrogen (secondary N) is 2. The Balaban J connectivity index is 1.96. The molecular weight excluding hydrogens is 264 g/mol. The van der Waals surface area contributed by atoms with Gasteiger partial charge in [0.2, 0.25) is 23.6 Å². The summed E-state index contributed by atoms with van der Waals surface area (Å²) < 4.78 is 0. The zero-order valence-corrected chi connectivity index (χ0v) is 11.1. The van der Waals surface area contributed by atoms with Gasteiger partial charge in [-0.2, -0.15) is 0 Å². The maximum absolute atomic E-state index is 12.3. The zero-order chi connectivity index (χ0) is 14.7. The van der Waals surface area contributed by atoms with E-state index >= 15 is 0 Å². The molecule has 0 aromatic carbocycles. The summed E-state index contributed by atoms with van der Waals surface area (Å²) in [6.07, 6.45) is 2.07. The maximum Gasteiger partial charge on any atom is 0.245 e. The third kappa shape index (κ3) is 3.06. The van der Waals surface area contributed by atoms with Crippen molar-refractivity contribution >= 4 is 23.6 Å². The first-order valence-electron chi connectivity index (χ1n) is 6.65. The molecule has 0 unspecified atom stereocenters. The molecule has 2 heterocycles. The smallest absolute Gasteiger partial charge is 0.245 e. The quantitative estimate of drug-likeness (QED) is 0.544. The van der Waals surface area contributed by atoms with Crippen LogP contribution in [-0.2, 0) is 19.2 Å². The lowest BCUT2D eigenvalue weighted by Gasteiger charge is -2.26. The number of carbonyl (C=O) groups is 4. The lowest BCUT2D eigenvalue weighted by Crippen LogP contribution is -2.52. The van der Waals surface area contributed by atoms with Gasteiger partial charge < -0.3 is 21.3 Å². The highest BCUT2D eigenvalue weighted by molar-refractivity contribution is 5.95. The average molecular weight is 282 g/mol. The predicted octanol–water partition coefficient (Wildman–Crippen LogP) is -2.14. The summed E-state index contributed by atoms with van der Waals surface area (Å²) in [6, 6.07) is -1.12. The number of hydrogen-bond donors (Lipinski definition) is 3. The fourth-order valence-electron chi connectivity index (χ4n) is 2.59. The van der Waals surface area contributed by atoms with E-state index in [2.05, 4.69) is 10.6 Å². The highest BCUT2D eigenvalue weighted by atomic mass is 16.2. The van der Waals surface area contributed by atoms with E-state index in [-0.39, 0.29) is 24.3 Å². The summed E-state index contributed by atoms with van der Waals surface area (Å²) in [5.41, 5.74) is 4.97. The van der Waals surface area contributed by atoms with Crippen LogP contribution in [0.2, 0.25) is 0 Å². The van der Waals surface area contributed by atoms with Crippen LogP contribution in [0.4, 0.5) is 0 Å². The van der Waals surface area contributed by atoms with Crippen molar-refractivity contribution in [1.82, 2.24) is 15.5 Å². The van der Waals surface area contributed by atoms with Gasteiger partial charge in [-0.3, -0.25) is 19.2 Å². The Hall–Kier alpha value is -2.12. The van der Waals surface area contributed by atoms with Crippen molar-refractivity contribution in [2.75, 3.05) is 13.1 Å². The van der Waals surface area contributed by atoms with Crippen LogP contribution in [0.1, 0.15) is 25.7 Å². The van der Waals surface area contributed by atoms with Crippen molar-refractivity contribution in [3.8, 4) is 0 Å². The summed E-state index contributed by atoms with van der Waals surface area (Å²) >= 11 is 0. The second kappa shape index (κ2) is 5.89. The summed E-state index contributed by atoms with van der Waals surface area (Å²) in [7, 11) is 0. The second-order valence-electron chi connectivity index (χ2n) is 5.03. The molecule has 0 bridgehead atoms. The Bertz CT molecular complexity index is 451. The normalized spacial score (nSPS) is 25.4. The van der Waals surface area contributed by atoms with Crippen LogP contribution in [0.5, 0.6) is 0 Å². The monoisotopic (exact) mass is 282 g/mol. The van der Waals surface area contributed by atoms with E-state index in [1.165, 1.54) is 4.90 Å². The number of likely N-dealkylation sites (tertiary alicyclic amines) is 1. The number of nitrogens with two attached hydrogens (primary N) is 1. The molecular formula is C12H18N4O4. The molecule has 0 aromatic rings. The number of rotatable bonds is 4. The molecule has 0 aromatic heterocycles.